The van der Waals surface area contributed by atoms with E-state index in [1.165, 1.54) is 25.1 Å². The number of ether oxygens (including phenoxy) is 1. The summed E-state index contributed by atoms with van der Waals surface area (Å²) >= 11 is 0. The molecule has 128 valence electrons. The zero-order chi connectivity index (χ0) is 16.4. The molecule has 2 aliphatic rings. The van der Waals surface area contributed by atoms with Gasteiger partial charge in [-0.1, -0.05) is 26.0 Å². The number of rotatable bonds is 4. The number of likely N-dealkylation sites (tertiary alicyclic amines) is 1. The van der Waals surface area contributed by atoms with E-state index in [-0.39, 0.29) is 0 Å². The Morgan fingerprint density at radius 2 is 1.83 bits per heavy atom. The number of anilines is 1. The third-order valence-electron chi connectivity index (χ3n) is 5.70. The Morgan fingerprint density at radius 1 is 1.13 bits per heavy atom. The minimum absolute atomic E-state index is 0.349. The van der Waals surface area contributed by atoms with E-state index >= 15 is 0 Å². The molecular weight excluding hydrogens is 286 g/mol. The summed E-state index contributed by atoms with van der Waals surface area (Å²) in [7, 11) is 1.75. The average molecular weight is 317 g/mol. The van der Waals surface area contributed by atoms with Crippen LogP contribution in [0.5, 0.6) is 5.75 Å². The Kier molecular flexibility index (Phi) is 5.12. The molecule has 0 amide bonds. The van der Waals surface area contributed by atoms with Crippen LogP contribution in [0.15, 0.2) is 24.3 Å². The molecule has 2 aliphatic heterocycles. The molecule has 3 rings (SSSR count). The topological polar surface area (TPSA) is 41.7 Å². The fraction of sp³-hybridized carbons (Fsp3) is 0.684. The molecule has 0 unspecified atom stereocenters. The van der Waals surface area contributed by atoms with Crippen LogP contribution < -0.4 is 15.4 Å². The first-order valence-corrected chi connectivity index (χ1v) is 8.97. The van der Waals surface area contributed by atoms with Gasteiger partial charge in [0.25, 0.3) is 0 Å². The molecule has 0 spiro atoms. The van der Waals surface area contributed by atoms with Crippen LogP contribution >= 0.6 is 0 Å². The number of para-hydroxylation sites is 2. The normalized spacial score (nSPS) is 26.9. The van der Waals surface area contributed by atoms with Crippen molar-refractivity contribution in [1.29, 1.82) is 0 Å². The van der Waals surface area contributed by atoms with Gasteiger partial charge in [0.15, 0.2) is 0 Å². The Labute approximate surface area is 140 Å². The van der Waals surface area contributed by atoms with Crippen LogP contribution in [0.3, 0.4) is 0 Å². The van der Waals surface area contributed by atoms with Crippen LogP contribution in [0.1, 0.15) is 26.7 Å². The second kappa shape index (κ2) is 7.10. The van der Waals surface area contributed by atoms with E-state index in [1.807, 2.05) is 12.1 Å². The standard InChI is InChI=1S/C19H31N3O/c1-14(2)16-12-22(13-17(16)20)15-8-10-21(11-9-15)18-6-4-5-7-19(18)23-3/h4-7,14-17H,8-13,20H2,1-3H3/t16-,17+/m1/s1. The number of piperidine rings is 1. The molecule has 23 heavy (non-hydrogen) atoms. The van der Waals surface area contributed by atoms with Gasteiger partial charge in [0.1, 0.15) is 5.75 Å². The zero-order valence-corrected chi connectivity index (χ0v) is 14.7. The number of nitrogens with zero attached hydrogens (tertiary/aromatic N) is 2. The molecule has 4 heteroatoms. The molecule has 2 atom stereocenters. The maximum absolute atomic E-state index is 6.36. The Bertz CT molecular complexity index is 511. The van der Waals surface area contributed by atoms with Crippen molar-refractivity contribution in [3.8, 4) is 5.75 Å². The largest absolute Gasteiger partial charge is 0.495 e. The second-order valence-corrected chi connectivity index (χ2v) is 7.42. The molecule has 1 aromatic carbocycles. The van der Waals surface area contributed by atoms with Gasteiger partial charge >= 0.3 is 0 Å². The SMILES string of the molecule is COc1ccccc1N1CCC(N2C[C@H](C(C)C)[C@@H](N)C2)CC1. The maximum atomic E-state index is 6.36. The summed E-state index contributed by atoms with van der Waals surface area (Å²) < 4.78 is 5.51. The van der Waals surface area contributed by atoms with E-state index in [2.05, 4.69) is 35.8 Å². The summed E-state index contributed by atoms with van der Waals surface area (Å²) in [6, 6.07) is 9.38. The highest BCUT2D eigenvalue weighted by Crippen LogP contribution is 2.32. The van der Waals surface area contributed by atoms with E-state index in [9.17, 15) is 0 Å². The Morgan fingerprint density at radius 3 is 2.43 bits per heavy atom. The van der Waals surface area contributed by atoms with E-state index in [0.717, 1.165) is 25.4 Å². The monoisotopic (exact) mass is 317 g/mol. The predicted octanol–water partition coefficient (Wildman–Crippen LogP) is 2.58. The van der Waals surface area contributed by atoms with Crippen molar-refractivity contribution in [1.82, 2.24) is 4.90 Å². The predicted molar refractivity (Wildman–Crippen MR) is 96.1 cm³/mol. The molecule has 0 saturated carbocycles. The highest BCUT2D eigenvalue weighted by molar-refractivity contribution is 5.58. The van der Waals surface area contributed by atoms with Gasteiger partial charge in [0, 0.05) is 38.3 Å². The van der Waals surface area contributed by atoms with E-state index in [4.69, 9.17) is 10.5 Å². The highest BCUT2D eigenvalue weighted by atomic mass is 16.5. The van der Waals surface area contributed by atoms with Crippen LogP contribution in [-0.4, -0.2) is 50.3 Å². The lowest BCUT2D eigenvalue weighted by molar-refractivity contribution is 0.194. The molecular formula is C19H31N3O. The van der Waals surface area contributed by atoms with E-state index in [1.54, 1.807) is 7.11 Å². The zero-order valence-electron chi connectivity index (χ0n) is 14.7. The van der Waals surface area contributed by atoms with Crippen molar-refractivity contribution >= 4 is 5.69 Å². The van der Waals surface area contributed by atoms with E-state index in [0.29, 0.717) is 23.9 Å². The minimum Gasteiger partial charge on any atom is -0.495 e. The third-order valence-corrected chi connectivity index (χ3v) is 5.70. The van der Waals surface area contributed by atoms with Crippen molar-refractivity contribution in [2.45, 2.75) is 38.8 Å². The van der Waals surface area contributed by atoms with Gasteiger partial charge in [-0.3, -0.25) is 4.90 Å². The summed E-state index contributed by atoms with van der Waals surface area (Å²) in [6.07, 6.45) is 2.44. The number of hydrogen-bond donors (Lipinski definition) is 1. The summed E-state index contributed by atoms with van der Waals surface area (Å²) in [5.41, 5.74) is 7.59. The van der Waals surface area contributed by atoms with Gasteiger partial charge in [0.2, 0.25) is 0 Å². The molecule has 1 aromatic rings. The van der Waals surface area contributed by atoms with E-state index < -0.39 is 0 Å². The average Bonchev–Trinajstić information content (AvgIpc) is 2.97. The Hall–Kier alpha value is -1.26. The molecule has 2 saturated heterocycles. The molecule has 4 nitrogen and oxygen atoms in total. The fourth-order valence-electron chi connectivity index (χ4n) is 4.25. The lowest BCUT2D eigenvalue weighted by Gasteiger charge is -2.38. The lowest BCUT2D eigenvalue weighted by Crippen LogP contribution is -2.44. The quantitative estimate of drug-likeness (QED) is 0.927. The van der Waals surface area contributed by atoms with Crippen LogP contribution in [0.25, 0.3) is 0 Å². The smallest absolute Gasteiger partial charge is 0.142 e. The van der Waals surface area contributed by atoms with Crippen molar-refractivity contribution < 1.29 is 4.74 Å². The first-order valence-electron chi connectivity index (χ1n) is 8.97. The van der Waals surface area contributed by atoms with Crippen molar-refractivity contribution in [2.75, 3.05) is 38.2 Å². The Balaban J connectivity index is 1.59. The third kappa shape index (κ3) is 3.48. The molecule has 0 radical (unpaired) electrons. The van der Waals surface area contributed by atoms with Crippen LogP contribution in [0.4, 0.5) is 5.69 Å². The second-order valence-electron chi connectivity index (χ2n) is 7.42. The van der Waals surface area contributed by atoms with Gasteiger partial charge < -0.3 is 15.4 Å². The first-order chi connectivity index (χ1) is 11.1. The van der Waals surface area contributed by atoms with Crippen molar-refractivity contribution in [2.24, 2.45) is 17.6 Å². The molecule has 2 fully saturated rings. The van der Waals surface area contributed by atoms with Gasteiger partial charge in [-0.05, 0) is 36.8 Å². The van der Waals surface area contributed by atoms with Crippen LogP contribution in [0.2, 0.25) is 0 Å². The molecule has 0 bridgehead atoms. The minimum atomic E-state index is 0.349. The van der Waals surface area contributed by atoms with Crippen molar-refractivity contribution in [3.05, 3.63) is 24.3 Å². The van der Waals surface area contributed by atoms with Crippen LogP contribution in [0, 0.1) is 11.8 Å². The number of methoxy groups -OCH3 is 1. The van der Waals surface area contributed by atoms with Gasteiger partial charge in [0.05, 0.1) is 12.8 Å². The number of hydrogen-bond acceptors (Lipinski definition) is 4. The molecule has 2 N–H and O–H groups in total. The summed E-state index contributed by atoms with van der Waals surface area (Å²) in [5.74, 6) is 2.32. The molecule has 0 aromatic heterocycles. The summed E-state index contributed by atoms with van der Waals surface area (Å²) in [4.78, 5) is 5.11. The highest BCUT2D eigenvalue weighted by Gasteiger charge is 2.36. The fourth-order valence-corrected chi connectivity index (χ4v) is 4.25. The summed E-state index contributed by atoms with van der Waals surface area (Å²) in [5, 5.41) is 0. The summed E-state index contributed by atoms with van der Waals surface area (Å²) in [6.45, 7) is 9.06. The molecule has 2 heterocycles. The lowest BCUT2D eigenvalue weighted by atomic mass is 9.92. The molecule has 0 aliphatic carbocycles. The number of benzene rings is 1. The van der Waals surface area contributed by atoms with Gasteiger partial charge in [-0.25, -0.2) is 0 Å². The van der Waals surface area contributed by atoms with Gasteiger partial charge in [-0.2, -0.15) is 0 Å². The maximum Gasteiger partial charge on any atom is 0.142 e. The first kappa shape index (κ1) is 16.6. The van der Waals surface area contributed by atoms with Gasteiger partial charge in [-0.15, -0.1) is 0 Å². The number of nitrogens with two attached hydrogens (primary N) is 1. The van der Waals surface area contributed by atoms with Crippen molar-refractivity contribution in [3.63, 3.8) is 0 Å². The van der Waals surface area contributed by atoms with Crippen LogP contribution in [-0.2, 0) is 0 Å².